The van der Waals surface area contributed by atoms with Gasteiger partial charge >= 0.3 is 0 Å². The lowest BCUT2D eigenvalue weighted by molar-refractivity contribution is -0.117. The van der Waals surface area contributed by atoms with Crippen molar-refractivity contribution in [3.8, 4) is 0 Å². The molecule has 1 fully saturated rings. The zero-order valence-electron chi connectivity index (χ0n) is 13.5. The molecule has 0 aliphatic carbocycles. The summed E-state index contributed by atoms with van der Waals surface area (Å²) in [5.41, 5.74) is 8.31. The molecule has 1 saturated heterocycles. The van der Waals surface area contributed by atoms with E-state index in [0.29, 0.717) is 11.4 Å². The number of anilines is 1. The number of hydrogen-bond acceptors (Lipinski definition) is 3. The summed E-state index contributed by atoms with van der Waals surface area (Å²) in [6.45, 7) is 0. The summed E-state index contributed by atoms with van der Waals surface area (Å²) in [7, 11) is 0. The number of fused-ring (bicyclic) bond motifs is 1. The highest BCUT2D eigenvalue weighted by Crippen LogP contribution is 2.29. The predicted octanol–water partition coefficient (Wildman–Crippen LogP) is 4.04. The van der Waals surface area contributed by atoms with E-state index in [-0.39, 0.29) is 18.0 Å². The van der Waals surface area contributed by atoms with Gasteiger partial charge in [0.05, 0.1) is 0 Å². The molecule has 4 rings (SSSR count). The minimum Gasteiger partial charge on any atom is -0.325 e. The quantitative estimate of drug-likeness (QED) is 0.667. The number of halogens is 1. The molecule has 1 aliphatic heterocycles. The van der Waals surface area contributed by atoms with Crippen LogP contribution in [0.5, 0.6) is 0 Å². The maximum absolute atomic E-state index is 12.5. The molecule has 3 aromatic rings. The molecule has 0 saturated carbocycles. The van der Waals surface area contributed by atoms with Gasteiger partial charge in [0.15, 0.2) is 0 Å². The average molecular weight is 352 g/mol. The maximum Gasteiger partial charge on any atom is 0.242 e. The molecule has 2 atom stereocenters. The fourth-order valence-corrected chi connectivity index (χ4v) is 3.37. The van der Waals surface area contributed by atoms with E-state index in [9.17, 15) is 4.79 Å². The van der Waals surface area contributed by atoms with Gasteiger partial charge in [-0.1, -0.05) is 54.1 Å². The van der Waals surface area contributed by atoms with E-state index in [2.05, 4.69) is 46.5 Å². The van der Waals surface area contributed by atoms with Gasteiger partial charge in [0.25, 0.3) is 0 Å². The molecule has 3 aromatic carbocycles. The number of hydrazine groups is 1. The number of rotatable bonds is 3. The van der Waals surface area contributed by atoms with Gasteiger partial charge in [-0.3, -0.25) is 4.79 Å². The molecule has 0 spiro atoms. The van der Waals surface area contributed by atoms with Crippen LogP contribution in [0.25, 0.3) is 10.8 Å². The van der Waals surface area contributed by atoms with Crippen LogP contribution >= 0.6 is 11.6 Å². The Balaban J connectivity index is 1.49. The second-order valence-electron chi connectivity index (χ2n) is 6.19. The smallest absolute Gasteiger partial charge is 0.242 e. The number of nitrogens with one attached hydrogen (secondary N) is 3. The maximum atomic E-state index is 12.5. The Morgan fingerprint density at radius 3 is 2.56 bits per heavy atom. The lowest BCUT2D eigenvalue weighted by Gasteiger charge is -2.13. The molecule has 3 N–H and O–H groups in total. The van der Waals surface area contributed by atoms with Gasteiger partial charge in [0.2, 0.25) is 5.91 Å². The zero-order chi connectivity index (χ0) is 17.2. The molecule has 1 amide bonds. The molecule has 1 heterocycles. The van der Waals surface area contributed by atoms with Gasteiger partial charge in [-0.15, -0.1) is 0 Å². The van der Waals surface area contributed by atoms with Crippen LogP contribution in [-0.2, 0) is 4.79 Å². The highest BCUT2D eigenvalue weighted by molar-refractivity contribution is 6.30. The van der Waals surface area contributed by atoms with E-state index in [1.807, 2.05) is 12.1 Å². The summed E-state index contributed by atoms with van der Waals surface area (Å²) in [6.07, 6.45) is 0.688. The van der Waals surface area contributed by atoms with Crippen LogP contribution in [0.4, 0.5) is 5.69 Å². The van der Waals surface area contributed by atoms with Crippen LogP contribution in [0.1, 0.15) is 18.0 Å². The van der Waals surface area contributed by atoms with E-state index in [1.165, 1.54) is 16.3 Å². The molecular weight excluding hydrogens is 334 g/mol. The Hall–Kier alpha value is -2.40. The Kier molecular flexibility index (Phi) is 4.40. The van der Waals surface area contributed by atoms with Crippen molar-refractivity contribution in [3.63, 3.8) is 0 Å². The van der Waals surface area contributed by atoms with Gasteiger partial charge in [0, 0.05) is 16.8 Å². The Bertz CT molecular complexity index is 905. The normalized spacial score (nSPS) is 19.9. The lowest BCUT2D eigenvalue weighted by atomic mass is 9.96. The van der Waals surface area contributed by atoms with Crippen molar-refractivity contribution in [2.24, 2.45) is 0 Å². The molecule has 0 aromatic heterocycles. The average Bonchev–Trinajstić information content (AvgIpc) is 3.13. The van der Waals surface area contributed by atoms with Crippen molar-refractivity contribution in [1.29, 1.82) is 0 Å². The van der Waals surface area contributed by atoms with E-state index in [4.69, 9.17) is 11.6 Å². The van der Waals surface area contributed by atoms with Gasteiger partial charge in [-0.2, -0.15) is 0 Å². The molecule has 0 radical (unpaired) electrons. The van der Waals surface area contributed by atoms with Crippen LogP contribution in [0, 0.1) is 0 Å². The van der Waals surface area contributed by atoms with E-state index >= 15 is 0 Å². The number of benzene rings is 3. The van der Waals surface area contributed by atoms with Gasteiger partial charge < -0.3 is 5.32 Å². The van der Waals surface area contributed by atoms with Gasteiger partial charge in [-0.05, 0) is 47.0 Å². The second kappa shape index (κ2) is 6.84. The fourth-order valence-electron chi connectivity index (χ4n) is 3.25. The Labute approximate surface area is 151 Å². The first-order chi connectivity index (χ1) is 12.2. The highest BCUT2D eigenvalue weighted by Gasteiger charge is 2.30. The summed E-state index contributed by atoms with van der Waals surface area (Å²) in [4.78, 5) is 12.5. The standard InChI is InChI=1S/C20H18ClN3O/c21-14-8-10-15(11-9-14)22-20(25)19-12-18(23-24-19)17-7-3-5-13-4-1-2-6-16(13)17/h1-11,18-19,23-24H,12H2,(H,22,25). The Morgan fingerprint density at radius 2 is 1.72 bits per heavy atom. The van der Waals surface area contributed by atoms with Crippen molar-refractivity contribution in [3.05, 3.63) is 77.3 Å². The van der Waals surface area contributed by atoms with Crippen LogP contribution < -0.4 is 16.2 Å². The van der Waals surface area contributed by atoms with Crippen molar-refractivity contribution in [1.82, 2.24) is 10.9 Å². The van der Waals surface area contributed by atoms with Crippen LogP contribution in [-0.4, -0.2) is 11.9 Å². The summed E-state index contributed by atoms with van der Waals surface area (Å²) < 4.78 is 0. The van der Waals surface area contributed by atoms with E-state index in [0.717, 1.165) is 5.69 Å². The summed E-state index contributed by atoms with van der Waals surface area (Å²) >= 11 is 5.87. The topological polar surface area (TPSA) is 53.2 Å². The highest BCUT2D eigenvalue weighted by atomic mass is 35.5. The summed E-state index contributed by atoms with van der Waals surface area (Å²) in [5.74, 6) is -0.0578. The first-order valence-corrected chi connectivity index (χ1v) is 8.64. The van der Waals surface area contributed by atoms with Crippen molar-refractivity contribution < 1.29 is 4.79 Å². The second-order valence-corrected chi connectivity index (χ2v) is 6.63. The monoisotopic (exact) mass is 351 g/mol. The molecule has 4 nitrogen and oxygen atoms in total. The minimum absolute atomic E-state index is 0.0578. The first kappa shape index (κ1) is 16.1. The third kappa shape index (κ3) is 3.37. The SMILES string of the molecule is O=C(Nc1ccc(Cl)cc1)C1CC(c2cccc3ccccc23)NN1. The van der Waals surface area contributed by atoms with E-state index in [1.54, 1.807) is 24.3 Å². The lowest BCUT2D eigenvalue weighted by Crippen LogP contribution is -2.39. The van der Waals surface area contributed by atoms with Crippen LogP contribution in [0.2, 0.25) is 5.02 Å². The number of hydrogen-bond donors (Lipinski definition) is 3. The fraction of sp³-hybridized carbons (Fsp3) is 0.150. The molecule has 2 unspecified atom stereocenters. The molecule has 0 bridgehead atoms. The van der Waals surface area contributed by atoms with Gasteiger partial charge in [0.1, 0.15) is 6.04 Å². The number of carbonyl (C=O) groups excluding carboxylic acids is 1. The van der Waals surface area contributed by atoms with Crippen molar-refractivity contribution in [2.75, 3.05) is 5.32 Å². The predicted molar refractivity (Wildman–Crippen MR) is 101 cm³/mol. The molecule has 1 aliphatic rings. The van der Waals surface area contributed by atoms with Crippen molar-refractivity contribution in [2.45, 2.75) is 18.5 Å². The third-order valence-corrected chi connectivity index (χ3v) is 4.78. The molecular formula is C20H18ClN3O. The van der Waals surface area contributed by atoms with Crippen molar-refractivity contribution >= 4 is 34.0 Å². The summed E-state index contributed by atoms with van der Waals surface area (Å²) in [6, 6.07) is 21.5. The zero-order valence-corrected chi connectivity index (χ0v) is 14.3. The first-order valence-electron chi connectivity index (χ1n) is 8.26. The minimum atomic E-state index is -0.292. The van der Waals surface area contributed by atoms with Crippen LogP contribution in [0.15, 0.2) is 66.7 Å². The largest absolute Gasteiger partial charge is 0.325 e. The van der Waals surface area contributed by atoms with E-state index < -0.39 is 0 Å². The summed E-state index contributed by atoms with van der Waals surface area (Å²) in [5, 5.41) is 5.98. The molecule has 25 heavy (non-hydrogen) atoms. The molecule has 5 heteroatoms. The molecule has 126 valence electrons. The Morgan fingerprint density at radius 1 is 0.960 bits per heavy atom. The number of carbonyl (C=O) groups is 1. The number of amides is 1. The van der Waals surface area contributed by atoms with Crippen LogP contribution in [0.3, 0.4) is 0 Å². The van der Waals surface area contributed by atoms with Gasteiger partial charge in [-0.25, -0.2) is 10.9 Å². The third-order valence-electron chi connectivity index (χ3n) is 4.53.